The number of piperidine rings is 1. The number of aliphatic hydroxyl groups excluding tert-OH is 1. The van der Waals surface area contributed by atoms with Crippen LogP contribution in [0.2, 0.25) is 0 Å². The van der Waals surface area contributed by atoms with Gasteiger partial charge in [0.15, 0.2) is 0 Å². The summed E-state index contributed by atoms with van der Waals surface area (Å²) < 4.78 is 0. The Kier molecular flexibility index (Phi) is 4.93. The first kappa shape index (κ1) is 11.8. The molecular weight excluding hydrogens is 196 g/mol. The molecule has 6 nitrogen and oxygen atoms in total. The molecule has 0 aromatic heterocycles. The van der Waals surface area contributed by atoms with E-state index < -0.39 is 0 Å². The molecule has 1 amide bonds. The molecule has 0 aliphatic carbocycles. The Bertz CT molecular complexity index is 255. The number of nitrogens with zero attached hydrogens (tertiary/aromatic N) is 4. The Labute approximate surface area is 88.5 Å². The van der Waals surface area contributed by atoms with Crippen LogP contribution in [-0.4, -0.2) is 42.2 Å². The van der Waals surface area contributed by atoms with Crippen LogP contribution < -0.4 is 0 Å². The minimum Gasteiger partial charge on any atom is -0.396 e. The second kappa shape index (κ2) is 6.27. The van der Waals surface area contributed by atoms with Crippen LogP contribution in [0, 0.1) is 5.92 Å². The lowest BCUT2D eigenvalue weighted by atomic mass is 9.94. The molecule has 1 aliphatic rings. The van der Waals surface area contributed by atoms with Crippen molar-refractivity contribution in [3.63, 3.8) is 0 Å². The molecule has 15 heavy (non-hydrogen) atoms. The highest BCUT2D eigenvalue weighted by molar-refractivity contribution is 5.78. The van der Waals surface area contributed by atoms with Gasteiger partial charge in [-0.2, -0.15) is 0 Å². The smallest absolute Gasteiger partial charge is 0.228 e. The van der Waals surface area contributed by atoms with Crippen LogP contribution >= 0.6 is 0 Å². The first-order valence-electron chi connectivity index (χ1n) is 5.17. The van der Waals surface area contributed by atoms with Crippen LogP contribution in [0.5, 0.6) is 0 Å². The third-order valence-corrected chi connectivity index (χ3v) is 2.77. The molecule has 1 saturated heterocycles. The fraction of sp³-hybridized carbons (Fsp3) is 0.889. The van der Waals surface area contributed by atoms with Crippen LogP contribution in [0.1, 0.15) is 19.3 Å². The highest BCUT2D eigenvalue weighted by Gasteiger charge is 2.21. The van der Waals surface area contributed by atoms with Crippen molar-refractivity contribution in [2.75, 3.05) is 26.2 Å². The number of rotatable bonds is 4. The highest BCUT2D eigenvalue weighted by atomic mass is 16.3. The Balaban J connectivity index is 2.30. The van der Waals surface area contributed by atoms with E-state index in [1.807, 2.05) is 0 Å². The quantitative estimate of drug-likeness (QED) is 0.426. The molecule has 1 fully saturated rings. The minimum absolute atomic E-state index is 0.0822. The minimum atomic E-state index is -0.102. The van der Waals surface area contributed by atoms with Gasteiger partial charge in [-0.3, -0.25) is 4.79 Å². The number of carbonyl (C=O) groups is 1. The molecule has 0 bridgehead atoms. The Hall–Kier alpha value is -1.26. The van der Waals surface area contributed by atoms with Crippen molar-refractivity contribution in [3.05, 3.63) is 10.4 Å². The largest absolute Gasteiger partial charge is 0.396 e. The van der Waals surface area contributed by atoms with E-state index in [0.29, 0.717) is 19.0 Å². The SMILES string of the molecule is [N-]=[N+]=NCC(=O)N1CCC(CCO)CC1. The normalized spacial score (nSPS) is 17.3. The topological polar surface area (TPSA) is 89.3 Å². The van der Waals surface area contributed by atoms with Crippen molar-refractivity contribution < 1.29 is 9.90 Å². The molecular formula is C9H16N4O2. The molecule has 1 heterocycles. The van der Waals surface area contributed by atoms with E-state index in [-0.39, 0.29) is 19.1 Å². The molecule has 0 spiro atoms. The van der Waals surface area contributed by atoms with Gasteiger partial charge in [-0.05, 0) is 30.7 Å². The Morgan fingerprint density at radius 2 is 2.20 bits per heavy atom. The van der Waals surface area contributed by atoms with Crippen LogP contribution in [0.15, 0.2) is 5.11 Å². The van der Waals surface area contributed by atoms with Gasteiger partial charge in [-0.25, -0.2) is 0 Å². The van der Waals surface area contributed by atoms with Crippen molar-refractivity contribution in [1.29, 1.82) is 0 Å². The molecule has 0 aromatic carbocycles. The van der Waals surface area contributed by atoms with Crippen molar-refractivity contribution in [3.8, 4) is 0 Å². The summed E-state index contributed by atoms with van der Waals surface area (Å²) in [4.78, 5) is 15.7. The number of azide groups is 1. The summed E-state index contributed by atoms with van der Waals surface area (Å²) in [5.74, 6) is 0.425. The molecule has 0 unspecified atom stereocenters. The molecule has 0 atom stereocenters. The van der Waals surface area contributed by atoms with E-state index in [1.165, 1.54) is 0 Å². The number of aliphatic hydroxyl groups is 1. The van der Waals surface area contributed by atoms with Crippen LogP contribution in [-0.2, 0) is 4.79 Å². The van der Waals surface area contributed by atoms with Gasteiger partial charge in [-0.15, -0.1) is 0 Å². The summed E-state index contributed by atoms with van der Waals surface area (Å²) in [5.41, 5.74) is 8.09. The van der Waals surface area contributed by atoms with Crippen LogP contribution in [0.3, 0.4) is 0 Å². The molecule has 1 aliphatic heterocycles. The van der Waals surface area contributed by atoms with Crippen molar-refractivity contribution in [2.24, 2.45) is 11.0 Å². The van der Waals surface area contributed by atoms with Gasteiger partial charge in [0, 0.05) is 24.6 Å². The first-order valence-corrected chi connectivity index (χ1v) is 5.17. The zero-order valence-corrected chi connectivity index (χ0v) is 8.67. The third kappa shape index (κ3) is 3.77. The van der Waals surface area contributed by atoms with Gasteiger partial charge in [0.1, 0.15) is 6.54 Å². The van der Waals surface area contributed by atoms with E-state index in [1.54, 1.807) is 4.90 Å². The summed E-state index contributed by atoms with van der Waals surface area (Å²) in [7, 11) is 0. The lowest BCUT2D eigenvalue weighted by Crippen LogP contribution is -2.39. The first-order chi connectivity index (χ1) is 7.27. The molecule has 0 aromatic rings. The maximum Gasteiger partial charge on any atom is 0.228 e. The number of carbonyl (C=O) groups excluding carboxylic acids is 1. The van der Waals surface area contributed by atoms with Crippen molar-refractivity contribution in [1.82, 2.24) is 4.90 Å². The number of hydrogen-bond acceptors (Lipinski definition) is 3. The monoisotopic (exact) mass is 212 g/mol. The average Bonchev–Trinajstić information content (AvgIpc) is 2.27. The van der Waals surface area contributed by atoms with Gasteiger partial charge in [-0.1, -0.05) is 5.11 Å². The zero-order valence-electron chi connectivity index (χ0n) is 8.67. The lowest BCUT2D eigenvalue weighted by Gasteiger charge is -2.31. The zero-order chi connectivity index (χ0) is 11.1. The summed E-state index contributed by atoms with van der Waals surface area (Å²) in [6, 6.07) is 0. The summed E-state index contributed by atoms with van der Waals surface area (Å²) in [5, 5.41) is 12.0. The van der Waals surface area contributed by atoms with E-state index in [0.717, 1.165) is 19.3 Å². The predicted octanol–water partition coefficient (Wildman–Crippen LogP) is 0.918. The van der Waals surface area contributed by atoms with Crippen LogP contribution in [0.4, 0.5) is 0 Å². The van der Waals surface area contributed by atoms with Crippen LogP contribution in [0.25, 0.3) is 10.4 Å². The maximum absolute atomic E-state index is 11.4. The second-order valence-electron chi connectivity index (χ2n) is 3.73. The Morgan fingerprint density at radius 1 is 1.53 bits per heavy atom. The Morgan fingerprint density at radius 3 is 2.73 bits per heavy atom. The molecule has 6 heteroatoms. The van der Waals surface area contributed by atoms with E-state index in [2.05, 4.69) is 10.0 Å². The van der Waals surface area contributed by atoms with Crippen molar-refractivity contribution >= 4 is 5.91 Å². The number of hydrogen-bond donors (Lipinski definition) is 1. The standard InChI is InChI=1S/C9H16N4O2/c10-12-11-7-9(15)13-4-1-8(2-5-13)3-6-14/h8,14H,1-7H2. The van der Waals surface area contributed by atoms with E-state index >= 15 is 0 Å². The molecule has 84 valence electrons. The summed E-state index contributed by atoms with van der Waals surface area (Å²) in [6.45, 7) is 1.56. The number of amides is 1. The predicted molar refractivity (Wildman–Crippen MR) is 55.0 cm³/mol. The fourth-order valence-corrected chi connectivity index (χ4v) is 1.85. The summed E-state index contributed by atoms with van der Waals surface area (Å²) in [6.07, 6.45) is 2.68. The fourth-order valence-electron chi connectivity index (χ4n) is 1.85. The molecule has 1 N–H and O–H groups in total. The lowest BCUT2D eigenvalue weighted by molar-refractivity contribution is -0.131. The third-order valence-electron chi connectivity index (χ3n) is 2.77. The highest BCUT2D eigenvalue weighted by Crippen LogP contribution is 2.19. The van der Waals surface area contributed by atoms with Gasteiger partial charge in [0.05, 0.1) is 0 Å². The van der Waals surface area contributed by atoms with E-state index in [4.69, 9.17) is 10.6 Å². The van der Waals surface area contributed by atoms with Gasteiger partial charge >= 0.3 is 0 Å². The second-order valence-corrected chi connectivity index (χ2v) is 3.73. The number of likely N-dealkylation sites (tertiary alicyclic amines) is 1. The van der Waals surface area contributed by atoms with Gasteiger partial charge < -0.3 is 10.0 Å². The average molecular weight is 212 g/mol. The maximum atomic E-state index is 11.4. The molecule has 1 rings (SSSR count). The van der Waals surface area contributed by atoms with Crippen molar-refractivity contribution in [2.45, 2.75) is 19.3 Å². The van der Waals surface area contributed by atoms with E-state index in [9.17, 15) is 4.79 Å². The van der Waals surface area contributed by atoms with Gasteiger partial charge in [0.25, 0.3) is 0 Å². The summed E-state index contributed by atoms with van der Waals surface area (Å²) >= 11 is 0. The molecule has 0 saturated carbocycles. The molecule has 0 radical (unpaired) electrons. The van der Waals surface area contributed by atoms with Gasteiger partial charge in [0.2, 0.25) is 5.91 Å².